The maximum Gasteiger partial charge on any atom is 0.407 e. The number of carbonyl (C=O) groups excluding carboxylic acids is 3. The highest BCUT2D eigenvalue weighted by Gasteiger charge is 2.61. The molecule has 1 aromatic rings. The first-order chi connectivity index (χ1) is 14.9. The van der Waals surface area contributed by atoms with Crippen LogP contribution in [-0.2, 0) is 19.8 Å². The number of imide groups is 1. The molecule has 4 aliphatic heterocycles. The summed E-state index contributed by atoms with van der Waals surface area (Å²) in [4.78, 5) is 53.6. The molecular formula is C22H26N4O5. The van der Waals surface area contributed by atoms with E-state index in [0.717, 1.165) is 30.6 Å². The molecule has 9 nitrogen and oxygen atoms in total. The second kappa shape index (κ2) is 7.25. The molecule has 0 radical (unpaired) electrons. The second-order valence-corrected chi connectivity index (χ2v) is 9.09. The van der Waals surface area contributed by atoms with Gasteiger partial charge < -0.3 is 19.8 Å². The number of likely N-dealkylation sites (tertiary alicyclic amines) is 2. The van der Waals surface area contributed by atoms with E-state index < -0.39 is 17.6 Å². The summed E-state index contributed by atoms with van der Waals surface area (Å²) < 4.78 is 0. The highest BCUT2D eigenvalue weighted by molar-refractivity contribution is 6.05. The summed E-state index contributed by atoms with van der Waals surface area (Å²) in [6.07, 6.45) is 1.39. The SMILES string of the molecule is O=C1CCC(N2CC3(CN(CC4CCN(C(=O)O)CC4)c4ccccc43)C2=O)C(=O)N1. The van der Waals surface area contributed by atoms with Gasteiger partial charge in [0.2, 0.25) is 17.7 Å². The number of anilines is 1. The molecule has 2 unspecified atom stereocenters. The maximum absolute atomic E-state index is 13.4. The first-order valence-corrected chi connectivity index (χ1v) is 10.9. The van der Waals surface area contributed by atoms with E-state index >= 15 is 0 Å². The Morgan fingerprint density at radius 1 is 1.10 bits per heavy atom. The van der Waals surface area contributed by atoms with Gasteiger partial charge in [0.1, 0.15) is 11.5 Å². The summed E-state index contributed by atoms with van der Waals surface area (Å²) in [5.41, 5.74) is 1.42. The van der Waals surface area contributed by atoms with E-state index in [2.05, 4.69) is 10.2 Å². The molecule has 4 heterocycles. The van der Waals surface area contributed by atoms with Crippen molar-refractivity contribution in [1.29, 1.82) is 0 Å². The van der Waals surface area contributed by atoms with E-state index in [1.807, 2.05) is 24.3 Å². The Morgan fingerprint density at radius 3 is 2.52 bits per heavy atom. The molecule has 3 fully saturated rings. The minimum Gasteiger partial charge on any atom is -0.465 e. The molecule has 2 atom stereocenters. The van der Waals surface area contributed by atoms with Crippen LogP contribution in [0.2, 0.25) is 0 Å². The Morgan fingerprint density at radius 2 is 1.84 bits per heavy atom. The smallest absolute Gasteiger partial charge is 0.407 e. The van der Waals surface area contributed by atoms with E-state index in [9.17, 15) is 19.2 Å². The number of piperidine rings is 2. The number of amides is 4. The average molecular weight is 426 g/mol. The number of fused-ring (bicyclic) bond motifs is 2. The zero-order valence-corrected chi connectivity index (χ0v) is 17.2. The number of rotatable bonds is 3. The van der Waals surface area contributed by atoms with Gasteiger partial charge in [0.15, 0.2) is 0 Å². The third-order valence-electron chi connectivity index (χ3n) is 7.28. The van der Waals surface area contributed by atoms with E-state index in [4.69, 9.17) is 5.11 Å². The molecule has 164 valence electrons. The largest absolute Gasteiger partial charge is 0.465 e. The number of carboxylic acid groups (broad SMARTS) is 1. The topological polar surface area (TPSA) is 110 Å². The van der Waals surface area contributed by atoms with E-state index in [1.165, 1.54) is 4.90 Å². The van der Waals surface area contributed by atoms with E-state index in [0.29, 0.717) is 38.5 Å². The quantitative estimate of drug-likeness (QED) is 0.546. The standard InChI is InChI=1S/C22H26N4O5/c27-18-6-5-17(19(28)23-18)26-13-22(20(26)29)12-25(16-4-2-1-3-15(16)22)11-14-7-9-24(10-8-14)21(30)31/h1-4,14,17H,5-13H2,(H,30,31)(H,23,27,28). The van der Waals surface area contributed by atoms with E-state index in [-0.39, 0.29) is 24.1 Å². The Kier molecular flexibility index (Phi) is 4.64. The predicted octanol–water partition coefficient (Wildman–Crippen LogP) is 0.782. The lowest BCUT2D eigenvalue weighted by atomic mass is 9.73. The van der Waals surface area contributed by atoms with Gasteiger partial charge in [0, 0.05) is 44.8 Å². The first kappa shape index (κ1) is 19.8. The highest BCUT2D eigenvalue weighted by atomic mass is 16.4. The van der Waals surface area contributed by atoms with Crippen molar-refractivity contribution in [3.63, 3.8) is 0 Å². The third kappa shape index (κ3) is 3.14. The summed E-state index contributed by atoms with van der Waals surface area (Å²) in [6.45, 7) is 2.93. The van der Waals surface area contributed by atoms with Crippen LogP contribution in [-0.4, -0.2) is 77.5 Å². The number of nitrogens with zero attached hydrogens (tertiary/aromatic N) is 3. The average Bonchev–Trinajstić information content (AvgIpc) is 3.09. The minimum absolute atomic E-state index is 0.0438. The first-order valence-electron chi connectivity index (χ1n) is 10.9. The summed E-state index contributed by atoms with van der Waals surface area (Å²) in [5, 5.41) is 11.5. The molecule has 3 saturated heterocycles. The Balaban J connectivity index is 1.31. The van der Waals surface area contributed by atoms with Gasteiger partial charge in [-0.3, -0.25) is 19.7 Å². The molecule has 31 heavy (non-hydrogen) atoms. The lowest BCUT2D eigenvalue weighted by Crippen LogP contribution is -2.71. The molecule has 2 N–H and O–H groups in total. The second-order valence-electron chi connectivity index (χ2n) is 9.09. The molecule has 1 spiro atoms. The van der Waals surface area contributed by atoms with Gasteiger partial charge in [0.05, 0.1) is 0 Å². The van der Waals surface area contributed by atoms with Gasteiger partial charge in [0.25, 0.3) is 0 Å². The van der Waals surface area contributed by atoms with Crippen molar-refractivity contribution in [2.45, 2.75) is 37.1 Å². The monoisotopic (exact) mass is 426 g/mol. The molecule has 9 heteroatoms. The van der Waals surface area contributed by atoms with E-state index in [1.54, 1.807) is 4.90 Å². The summed E-state index contributed by atoms with van der Waals surface area (Å²) in [5.74, 6) is -0.332. The predicted molar refractivity (Wildman–Crippen MR) is 111 cm³/mol. The molecule has 0 aliphatic carbocycles. The van der Waals surface area contributed by atoms with Crippen molar-refractivity contribution < 1.29 is 24.3 Å². The maximum atomic E-state index is 13.4. The summed E-state index contributed by atoms with van der Waals surface area (Å²) in [7, 11) is 0. The van der Waals surface area contributed by atoms with Crippen LogP contribution in [0.4, 0.5) is 10.5 Å². The van der Waals surface area contributed by atoms with Crippen molar-refractivity contribution >= 4 is 29.5 Å². The highest BCUT2D eigenvalue weighted by Crippen LogP contribution is 2.48. The van der Waals surface area contributed by atoms with Crippen LogP contribution in [0.3, 0.4) is 0 Å². The summed E-state index contributed by atoms with van der Waals surface area (Å²) in [6, 6.07) is 7.38. The molecule has 4 amide bonds. The van der Waals surface area contributed by atoms with Gasteiger partial charge >= 0.3 is 6.09 Å². The Hall–Kier alpha value is -3.10. The van der Waals surface area contributed by atoms with Crippen LogP contribution >= 0.6 is 0 Å². The molecule has 0 saturated carbocycles. The fraction of sp³-hybridized carbons (Fsp3) is 0.545. The van der Waals surface area contributed by atoms with Gasteiger partial charge in [-0.25, -0.2) is 4.79 Å². The van der Waals surface area contributed by atoms with Gasteiger partial charge in [-0.1, -0.05) is 18.2 Å². The van der Waals surface area contributed by atoms with Crippen LogP contribution < -0.4 is 10.2 Å². The van der Waals surface area contributed by atoms with Crippen LogP contribution in [0.15, 0.2) is 24.3 Å². The van der Waals surface area contributed by atoms with Crippen LogP contribution in [0, 0.1) is 5.92 Å². The molecule has 0 bridgehead atoms. The number of para-hydroxylation sites is 1. The lowest BCUT2D eigenvalue weighted by molar-refractivity contribution is -0.161. The van der Waals surface area contributed by atoms with Gasteiger partial charge in [-0.2, -0.15) is 0 Å². The number of carbonyl (C=O) groups is 4. The minimum atomic E-state index is -0.863. The number of benzene rings is 1. The molecular weight excluding hydrogens is 400 g/mol. The van der Waals surface area contributed by atoms with Crippen molar-refractivity contribution in [3.05, 3.63) is 29.8 Å². The molecule has 4 aliphatic rings. The number of hydrogen-bond acceptors (Lipinski definition) is 5. The Bertz CT molecular complexity index is 957. The van der Waals surface area contributed by atoms with Crippen molar-refractivity contribution in [2.75, 3.05) is 37.6 Å². The fourth-order valence-electron chi connectivity index (χ4n) is 5.59. The Labute approximate surface area is 180 Å². The third-order valence-corrected chi connectivity index (χ3v) is 7.28. The summed E-state index contributed by atoms with van der Waals surface area (Å²) >= 11 is 0. The van der Waals surface area contributed by atoms with Crippen LogP contribution in [0.25, 0.3) is 0 Å². The fourth-order valence-corrected chi connectivity index (χ4v) is 5.59. The number of nitrogens with one attached hydrogen (secondary N) is 1. The number of hydrogen-bond donors (Lipinski definition) is 2. The normalized spacial score (nSPS) is 28.6. The van der Waals surface area contributed by atoms with Crippen molar-refractivity contribution in [2.24, 2.45) is 5.92 Å². The van der Waals surface area contributed by atoms with Crippen molar-refractivity contribution in [3.8, 4) is 0 Å². The van der Waals surface area contributed by atoms with Gasteiger partial charge in [-0.15, -0.1) is 0 Å². The zero-order chi connectivity index (χ0) is 21.8. The van der Waals surface area contributed by atoms with Crippen LogP contribution in [0.1, 0.15) is 31.2 Å². The van der Waals surface area contributed by atoms with Gasteiger partial charge in [-0.05, 0) is 36.8 Å². The zero-order valence-electron chi connectivity index (χ0n) is 17.2. The lowest BCUT2D eigenvalue weighted by Gasteiger charge is -2.50. The molecule has 5 rings (SSSR count). The molecule has 0 aromatic heterocycles. The molecule has 1 aromatic carbocycles. The van der Waals surface area contributed by atoms with Crippen molar-refractivity contribution in [1.82, 2.24) is 15.1 Å². The number of β-lactam (4-membered cyclic amide) rings is 1. The van der Waals surface area contributed by atoms with Crippen LogP contribution in [0.5, 0.6) is 0 Å².